The van der Waals surface area contributed by atoms with Gasteiger partial charge in [-0.3, -0.25) is 0 Å². The fourth-order valence-electron chi connectivity index (χ4n) is 4.04. The van der Waals surface area contributed by atoms with E-state index in [0.717, 1.165) is 6.42 Å². The van der Waals surface area contributed by atoms with E-state index in [1.165, 1.54) is 44.6 Å². The Bertz CT molecular complexity index is 875. The van der Waals surface area contributed by atoms with Crippen LogP contribution in [0.25, 0.3) is 5.57 Å². The van der Waals surface area contributed by atoms with Crippen molar-refractivity contribution in [2.45, 2.75) is 19.3 Å². The molecule has 0 saturated heterocycles. The lowest BCUT2D eigenvalue weighted by atomic mass is 9.68. The predicted octanol–water partition coefficient (Wildman–Crippen LogP) is 6.05. The zero-order chi connectivity index (χ0) is 16.0. The second-order valence-corrected chi connectivity index (χ2v) is 6.47. The number of benzene rings is 2. The van der Waals surface area contributed by atoms with Crippen molar-refractivity contribution in [3.63, 3.8) is 0 Å². The van der Waals surface area contributed by atoms with Crippen LogP contribution in [0.4, 0.5) is 0 Å². The highest BCUT2D eigenvalue weighted by atomic mass is 14.4. The normalized spacial score (nSPS) is 20.0. The van der Waals surface area contributed by atoms with Crippen LogP contribution in [-0.4, -0.2) is 0 Å². The first-order chi connectivity index (χ1) is 11.2. The minimum Gasteiger partial charge on any atom is -0.0955 e. The van der Waals surface area contributed by atoms with Crippen LogP contribution in [0.15, 0.2) is 96.1 Å². The average Bonchev–Trinajstić information content (AvgIpc) is 2.55. The largest absolute Gasteiger partial charge is 0.0955 e. The van der Waals surface area contributed by atoms with Gasteiger partial charge >= 0.3 is 0 Å². The van der Waals surface area contributed by atoms with E-state index in [-0.39, 0.29) is 5.92 Å². The highest BCUT2D eigenvalue weighted by molar-refractivity contribution is 5.86. The average molecular weight is 296 g/mol. The smallest absolute Gasteiger partial charge is 0.0346 e. The summed E-state index contributed by atoms with van der Waals surface area (Å²) in [4.78, 5) is 0. The van der Waals surface area contributed by atoms with Gasteiger partial charge in [0.05, 0.1) is 0 Å². The third-order valence-electron chi connectivity index (χ3n) is 4.92. The summed E-state index contributed by atoms with van der Waals surface area (Å²) in [5.74, 6) is 0.237. The Hall–Kier alpha value is -2.60. The number of fused-ring (bicyclic) bond motifs is 2. The number of rotatable bonds is 1. The minimum atomic E-state index is 0.237. The Morgan fingerprint density at radius 3 is 2.39 bits per heavy atom. The van der Waals surface area contributed by atoms with Gasteiger partial charge in [-0.15, -0.1) is 0 Å². The van der Waals surface area contributed by atoms with Crippen molar-refractivity contribution in [1.29, 1.82) is 0 Å². The summed E-state index contributed by atoms with van der Waals surface area (Å²) in [5, 5.41) is 0. The van der Waals surface area contributed by atoms with E-state index in [1.54, 1.807) is 0 Å². The van der Waals surface area contributed by atoms with Crippen molar-refractivity contribution in [2.75, 3.05) is 0 Å². The highest BCUT2D eigenvalue weighted by Gasteiger charge is 2.32. The summed E-state index contributed by atoms with van der Waals surface area (Å²) in [6.07, 6.45) is 3.13. The monoisotopic (exact) mass is 296 g/mol. The van der Waals surface area contributed by atoms with Gasteiger partial charge in [-0.2, -0.15) is 0 Å². The van der Waals surface area contributed by atoms with Crippen LogP contribution in [0.3, 0.4) is 0 Å². The number of allylic oxidation sites excluding steroid dienone is 6. The van der Waals surface area contributed by atoms with Gasteiger partial charge in [-0.25, -0.2) is 0 Å². The molecule has 4 rings (SSSR count). The molecule has 0 fully saturated rings. The number of hydrogen-bond acceptors (Lipinski definition) is 0. The molecule has 2 aliphatic rings. The second kappa shape index (κ2) is 5.24. The zero-order valence-electron chi connectivity index (χ0n) is 13.5. The van der Waals surface area contributed by atoms with Gasteiger partial charge in [-0.05, 0) is 52.3 Å². The first kappa shape index (κ1) is 14.0. The summed E-state index contributed by atoms with van der Waals surface area (Å²) < 4.78 is 0. The molecule has 112 valence electrons. The van der Waals surface area contributed by atoms with E-state index in [2.05, 4.69) is 80.8 Å². The summed E-state index contributed by atoms with van der Waals surface area (Å²) in [7, 11) is 0. The third-order valence-corrected chi connectivity index (χ3v) is 4.92. The summed E-state index contributed by atoms with van der Waals surface area (Å²) >= 11 is 0. The zero-order valence-corrected chi connectivity index (χ0v) is 13.5. The van der Waals surface area contributed by atoms with Gasteiger partial charge in [0.15, 0.2) is 0 Å². The SMILES string of the molecule is C=C1C=C(C)C2=C(C1)c1ccccc1C(c1ccccc1)C2=C. The quantitative estimate of drug-likeness (QED) is 0.601. The van der Waals surface area contributed by atoms with Crippen LogP contribution in [-0.2, 0) is 0 Å². The molecule has 0 aromatic heterocycles. The highest BCUT2D eigenvalue weighted by Crippen LogP contribution is 2.50. The van der Waals surface area contributed by atoms with E-state index in [4.69, 9.17) is 0 Å². The van der Waals surface area contributed by atoms with Gasteiger partial charge in [0.25, 0.3) is 0 Å². The van der Waals surface area contributed by atoms with E-state index in [9.17, 15) is 0 Å². The Kier molecular flexibility index (Phi) is 3.20. The van der Waals surface area contributed by atoms with Crippen LogP contribution >= 0.6 is 0 Å². The third kappa shape index (κ3) is 2.14. The van der Waals surface area contributed by atoms with E-state index < -0.39 is 0 Å². The lowest BCUT2D eigenvalue weighted by Gasteiger charge is -2.35. The molecule has 0 bridgehead atoms. The lowest BCUT2D eigenvalue weighted by molar-refractivity contribution is 0.928. The molecule has 0 heterocycles. The molecule has 23 heavy (non-hydrogen) atoms. The summed E-state index contributed by atoms with van der Waals surface area (Å²) in [5.41, 5.74) is 10.5. The maximum atomic E-state index is 4.50. The van der Waals surface area contributed by atoms with Crippen molar-refractivity contribution in [2.24, 2.45) is 0 Å². The molecule has 0 radical (unpaired) electrons. The molecule has 0 saturated carbocycles. The van der Waals surface area contributed by atoms with E-state index >= 15 is 0 Å². The van der Waals surface area contributed by atoms with Gasteiger partial charge in [0.2, 0.25) is 0 Å². The van der Waals surface area contributed by atoms with Crippen molar-refractivity contribution >= 4 is 5.57 Å². The molecule has 2 aliphatic carbocycles. The molecule has 0 heteroatoms. The predicted molar refractivity (Wildman–Crippen MR) is 98.3 cm³/mol. The fraction of sp³-hybridized carbons (Fsp3) is 0.130. The van der Waals surface area contributed by atoms with E-state index in [1.807, 2.05) is 0 Å². The van der Waals surface area contributed by atoms with Gasteiger partial charge in [0.1, 0.15) is 0 Å². The summed E-state index contributed by atoms with van der Waals surface area (Å²) in [6, 6.07) is 19.5. The molecule has 0 spiro atoms. The van der Waals surface area contributed by atoms with Crippen LogP contribution in [0.5, 0.6) is 0 Å². The molecule has 1 atom stereocenters. The fourth-order valence-corrected chi connectivity index (χ4v) is 4.04. The van der Waals surface area contributed by atoms with Crippen LogP contribution in [0.2, 0.25) is 0 Å². The molecule has 1 unspecified atom stereocenters. The maximum Gasteiger partial charge on any atom is 0.0346 e. The first-order valence-electron chi connectivity index (χ1n) is 8.10. The Labute approximate surface area is 138 Å². The van der Waals surface area contributed by atoms with Crippen LogP contribution in [0.1, 0.15) is 36.0 Å². The van der Waals surface area contributed by atoms with Gasteiger partial charge in [-0.1, -0.05) is 79.4 Å². The molecule has 0 aliphatic heterocycles. The van der Waals surface area contributed by atoms with Crippen LogP contribution < -0.4 is 0 Å². The summed E-state index contributed by atoms with van der Waals surface area (Å²) in [6.45, 7) is 10.9. The molecule has 2 aromatic rings. The van der Waals surface area contributed by atoms with Gasteiger partial charge in [0, 0.05) is 5.92 Å². The Morgan fingerprint density at radius 1 is 0.913 bits per heavy atom. The maximum absolute atomic E-state index is 4.50. The van der Waals surface area contributed by atoms with E-state index in [0.29, 0.717) is 0 Å². The van der Waals surface area contributed by atoms with Crippen molar-refractivity contribution < 1.29 is 0 Å². The minimum absolute atomic E-state index is 0.237. The van der Waals surface area contributed by atoms with Crippen molar-refractivity contribution in [3.05, 3.63) is 113 Å². The topological polar surface area (TPSA) is 0 Å². The second-order valence-electron chi connectivity index (χ2n) is 6.47. The molecule has 0 nitrogen and oxygen atoms in total. The standard InChI is InChI=1S/C23H20/c1-15-13-16(2)22-17(3)23(18-9-5-4-6-10-18)20-12-8-7-11-19(20)21(22)14-15/h4-13,23H,1,3,14H2,2H3. The molecular formula is C23H20. The molecular weight excluding hydrogens is 276 g/mol. The first-order valence-corrected chi connectivity index (χ1v) is 8.10. The van der Waals surface area contributed by atoms with Crippen molar-refractivity contribution in [3.8, 4) is 0 Å². The molecule has 2 aromatic carbocycles. The van der Waals surface area contributed by atoms with Gasteiger partial charge < -0.3 is 0 Å². The molecule has 0 N–H and O–H groups in total. The lowest BCUT2D eigenvalue weighted by Crippen LogP contribution is -2.17. The van der Waals surface area contributed by atoms with Crippen molar-refractivity contribution in [1.82, 2.24) is 0 Å². The number of hydrogen-bond donors (Lipinski definition) is 0. The van der Waals surface area contributed by atoms with Crippen LogP contribution in [0, 0.1) is 0 Å². The Morgan fingerprint density at radius 2 is 1.61 bits per heavy atom. The Balaban J connectivity index is 1.99. The molecule has 0 amide bonds.